The van der Waals surface area contributed by atoms with Gasteiger partial charge in [0.25, 0.3) is 0 Å². The highest BCUT2D eigenvalue weighted by Crippen LogP contribution is 2.29. The van der Waals surface area contributed by atoms with Crippen molar-refractivity contribution in [3.63, 3.8) is 0 Å². The lowest BCUT2D eigenvalue weighted by Crippen LogP contribution is -2.45. The van der Waals surface area contributed by atoms with Crippen LogP contribution in [0.4, 0.5) is 0 Å². The second-order valence-corrected chi connectivity index (χ2v) is 6.51. The fraction of sp³-hybridized carbons (Fsp3) is 0.429. The van der Waals surface area contributed by atoms with Gasteiger partial charge in [-0.25, -0.2) is 0 Å². The van der Waals surface area contributed by atoms with Gasteiger partial charge in [-0.2, -0.15) is 0 Å². The molecule has 27 heavy (non-hydrogen) atoms. The van der Waals surface area contributed by atoms with Crippen LogP contribution in [0.1, 0.15) is 37.8 Å². The lowest BCUT2D eigenvalue weighted by molar-refractivity contribution is -0.131. The fourth-order valence-electron chi connectivity index (χ4n) is 2.91. The summed E-state index contributed by atoms with van der Waals surface area (Å²) >= 11 is 0. The molecule has 0 atom stereocenters. The van der Waals surface area contributed by atoms with Crippen molar-refractivity contribution < 1.29 is 14.3 Å². The number of ether oxygens (including phenoxy) is 2. The van der Waals surface area contributed by atoms with E-state index < -0.39 is 5.41 Å². The molecule has 0 aliphatic heterocycles. The molecule has 1 aromatic carbocycles. The Kier molecular flexibility index (Phi) is 7.61. The number of benzene rings is 1. The second kappa shape index (κ2) is 9.92. The molecule has 6 nitrogen and oxygen atoms in total. The minimum absolute atomic E-state index is 0.00845. The lowest BCUT2D eigenvalue weighted by atomic mass is 9.81. The molecule has 1 heterocycles. The lowest BCUT2D eigenvalue weighted by Gasteiger charge is -2.28. The van der Waals surface area contributed by atoms with Gasteiger partial charge >= 0.3 is 0 Å². The first-order valence-corrected chi connectivity index (χ1v) is 9.25. The van der Waals surface area contributed by atoms with Crippen molar-refractivity contribution >= 4 is 5.91 Å². The smallest absolute Gasteiger partial charge is 0.227 e. The monoisotopic (exact) mass is 371 g/mol. The van der Waals surface area contributed by atoms with Crippen molar-refractivity contribution in [1.82, 2.24) is 10.3 Å². The number of amides is 1. The van der Waals surface area contributed by atoms with Gasteiger partial charge in [-0.05, 0) is 36.6 Å². The number of nitrogens with zero attached hydrogens (tertiary/aromatic N) is 1. The van der Waals surface area contributed by atoms with Crippen molar-refractivity contribution in [1.29, 1.82) is 0 Å². The van der Waals surface area contributed by atoms with Crippen LogP contribution in [0, 0.1) is 5.41 Å². The van der Waals surface area contributed by atoms with Crippen LogP contribution in [0.5, 0.6) is 11.5 Å². The van der Waals surface area contributed by atoms with E-state index in [9.17, 15) is 4.79 Å². The Bertz CT molecular complexity index is 722. The van der Waals surface area contributed by atoms with Crippen molar-refractivity contribution in [3.05, 3.63) is 53.9 Å². The van der Waals surface area contributed by atoms with E-state index in [4.69, 9.17) is 15.2 Å². The van der Waals surface area contributed by atoms with Gasteiger partial charge in [-0.15, -0.1) is 0 Å². The summed E-state index contributed by atoms with van der Waals surface area (Å²) in [7, 11) is 1.60. The molecule has 1 amide bonds. The van der Waals surface area contributed by atoms with E-state index in [2.05, 4.69) is 10.3 Å². The number of methoxy groups -OCH3 is 1. The second-order valence-electron chi connectivity index (χ2n) is 6.51. The van der Waals surface area contributed by atoms with Gasteiger partial charge in [0.05, 0.1) is 12.5 Å². The Morgan fingerprint density at radius 1 is 1.19 bits per heavy atom. The fourth-order valence-corrected chi connectivity index (χ4v) is 2.91. The number of hydrogen-bond donors (Lipinski definition) is 2. The van der Waals surface area contributed by atoms with E-state index in [0.29, 0.717) is 31.2 Å². The SMILES string of the molecule is CCC(CC)(CN)C(=O)NCc1ccc(OCc2cccnc2)c(OC)c1. The van der Waals surface area contributed by atoms with Crippen LogP contribution < -0.4 is 20.5 Å². The highest BCUT2D eigenvalue weighted by Gasteiger charge is 2.32. The molecule has 0 radical (unpaired) electrons. The Labute approximate surface area is 161 Å². The number of rotatable bonds is 10. The van der Waals surface area contributed by atoms with E-state index in [1.54, 1.807) is 19.5 Å². The van der Waals surface area contributed by atoms with Gasteiger partial charge in [-0.1, -0.05) is 26.0 Å². The number of nitrogens with two attached hydrogens (primary N) is 1. The molecule has 2 aromatic rings. The predicted molar refractivity (Wildman–Crippen MR) is 105 cm³/mol. The highest BCUT2D eigenvalue weighted by atomic mass is 16.5. The molecule has 0 aliphatic rings. The highest BCUT2D eigenvalue weighted by molar-refractivity contribution is 5.82. The molecule has 1 aromatic heterocycles. The van der Waals surface area contributed by atoms with Gasteiger partial charge in [0, 0.05) is 31.0 Å². The van der Waals surface area contributed by atoms with Crippen LogP contribution >= 0.6 is 0 Å². The standard InChI is InChI=1S/C21H29N3O3/c1-4-21(5-2,15-22)20(25)24-13-16-8-9-18(19(11-16)26-3)27-14-17-7-6-10-23-12-17/h6-12H,4-5,13-15,22H2,1-3H3,(H,24,25). The number of carbonyl (C=O) groups is 1. The summed E-state index contributed by atoms with van der Waals surface area (Å²) in [5.41, 5.74) is 7.26. The first-order valence-electron chi connectivity index (χ1n) is 9.25. The number of pyridine rings is 1. The van der Waals surface area contributed by atoms with Gasteiger partial charge in [0.1, 0.15) is 6.61 Å². The van der Waals surface area contributed by atoms with Gasteiger partial charge < -0.3 is 20.5 Å². The molecule has 0 aliphatic carbocycles. The molecule has 6 heteroatoms. The Morgan fingerprint density at radius 2 is 1.96 bits per heavy atom. The zero-order valence-electron chi connectivity index (χ0n) is 16.3. The molecular formula is C21H29N3O3. The molecule has 0 bridgehead atoms. The van der Waals surface area contributed by atoms with E-state index in [0.717, 1.165) is 24.0 Å². The summed E-state index contributed by atoms with van der Waals surface area (Å²) in [5.74, 6) is 1.27. The number of hydrogen-bond acceptors (Lipinski definition) is 5. The average Bonchev–Trinajstić information content (AvgIpc) is 2.73. The largest absolute Gasteiger partial charge is 0.493 e. The van der Waals surface area contributed by atoms with Gasteiger partial charge in [-0.3, -0.25) is 9.78 Å². The van der Waals surface area contributed by atoms with Gasteiger partial charge in [0.2, 0.25) is 5.91 Å². The van der Waals surface area contributed by atoms with E-state index in [1.807, 2.05) is 44.2 Å². The molecule has 0 spiro atoms. The maximum atomic E-state index is 12.6. The van der Waals surface area contributed by atoms with E-state index >= 15 is 0 Å². The molecule has 0 unspecified atom stereocenters. The van der Waals surface area contributed by atoms with E-state index in [-0.39, 0.29) is 5.91 Å². The summed E-state index contributed by atoms with van der Waals surface area (Å²) in [6.07, 6.45) is 4.93. The third-order valence-electron chi connectivity index (χ3n) is 5.02. The Morgan fingerprint density at radius 3 is 2.56 bits per heavy atom. The summed E-state index contributed by atoms with van der Waals surface area (Å²) in [6.45, 7) is 5.16. The third-order valence-corrected chi connectivity index (χ3v) is 5.02. The molecule has 0 saturated heterocycles. The average molecular weight is 371 g/mol. The van der Waals surface area contributed by atoms with Gasteiger partial charge in [0.15, 0.2) is 11.5 Å². The van der Waals surface area contributed by atoms with Crippen LogP contribution in [-0.4, -0.2) is 24.5 Å². The summed E-state index contributed by atoms with van der Waals surface area (Å²) < 4.78 is 11.3. The topological polar surface area (TPSA) is 86.5 Å². The minimum Gasteiger partial charge on any atom is -0.493 e. The van der Waals surface area contributed by atoms with Crippen LogP contribution in [0.3, 0.4) is 0 Å². The molecule has 3 N–H and O–H groups in total. The maximum absolute atomic E-state index is 12.6. The quantitative estimate of drug-likeness (QED) is 0.670. The molecular weight excluding hydrogens is 342 g/mol. The number of nitrogens with one attached hydrogen (secondary N) is 1. The maximum Gasteiger partial charge on any atom is 0.227 e. The first kappa shape index (κ1) is 20.7. The molecule has 146 valence electrons. The minimum atomic E-state index is -0.503. The number of aromatic nitrogens is 1. The molecule has 0 fully saturated rings. The zero-order chi connectivity index (χ0) is 19.7. The van der Waals surface area contributed by atoms with Crippen molar-refractivity contribution in [2.24, 2.45) is 11.1 Å². The summed E-state index contributed by atoms with van der Waals surface area (Å²) in [5, 5.41) is 3.00. The first-order chi connectivity index (χ1) is 13.1. The van der Waals surface area contributed by atoms with Crippen molar-refractivity contribution in [2.75, 3.05) is 13.7 Å². The Hall–Kier alpha value is -2.60. The van der Waals surface area contributed by atoms with Crippen molar-refractivity contribution in [2.45, 2.75) is 39.8 Å². The van der Waals surface area contributed by atoms with Crippen LogP contribution in [0.15, 0.2) is 42.7 Å². The summed E-state index contributed by atoms with van der Waals surface area (Å²) in [4.78, 5) is 16.6. The normalized spacial score (nSPS) is 11.1. The molecule has 2 rings (SSSR count). The van der Waals surface area contributed by atoms with Crippen LogP contribution in [0.2, 0.25) is 0 Å². The molecule has 0 saturated carbocycles. The number of carbonyl (C=O) groups excluding carboxylic acids is 1. The van der Waals surface area contributed by atoms with Crippen LogP contribution in [-0.2, 0) is 17.9 Å². The zero-order valence-corrected chi connectivity index (χ0v) is 16.3. The third kappa shape index (κ3) is 5.20. The van der Waals surface area contributed by atoms with Crippen molar-refractivity contribution in [3.8, 4) is 11.5 Å². The summed E-state index contributed by atoms with van der Waals surface area (Å²) in [6, 6.07) is 9.47. The Balaban J connectivity index is 2.01. The predicted octanol–water partition coefficient (Wildman–Crippen LogP) is 3.05. The van der Waals surface area contributed by atoms with E-state index in [1.165, 1.54) is 0 Å². The van der Waals surface area contributed by atoms with Crippen LogP contribution in [0.25, 0.3) is 0 Å².